The zero-order valence-electron chi connectivity index (χ0n) is 10.8. The second kappa shape index (κ2) is 7.26. The molecule has 0 saturated carbocycles. The number of nitrogens with one attached hydrogen (secondary N) is 1. The van der Waals surface area contributed by atoms with Crippen molar-refractivity contribution in [2.75, 3.05) is 6.54 Å². The molecule has 0 aliphatic carbocycles. The van der Waals surface area contributed by atoms with Crippen LogP contribution in [0.3, 0.4) is 0 Å². The Labute approximate surface area is 127 Å². The smallest absolute Gasteiger partial charge is 0.303 e. The highest BCUT2D eigenvalue weighted by Gasteiger charge is 2.19. The number of rotatable bonds is 7. The van der Waals surface area contributed by atoms with E-state index in [0.29, 0.717) is 6.42 Å². The van der Waals surface area contributed by atoms with Crippen LogP contribution in [0.15, 0.2) is 23.1 Å². The largest absolute Gasteiger partial charge is 0.481 e. The van der Waals surface area contributed by atoms with Crippen LogP contribution in [0.25, 0.3) is 0 Å². The molecule has 0 saturated heterocycles. The number of benzene rings is 1. The van der Waals surface area contributed by atoms with E-state index in [1.165, 1.54) is 18.2 Å². The second-order valence-electron chi connectivity index (χ2n) is 4.46. The van der Waals surface area contributed by atoms with Gasteiger partial charge in [-0.25, -0.2) is 13.1 Å². The first kappa shape index (κ1) is 17.2. The van der Waals surface area contributed by atoms with Gasteiger partial charge in [0.05, 0.1) is 5.02 Å². The van der Waals surface area contributed by atoms with Crippen LogP contribution >= 0.6 is 23.2 Å². The van der Waals surface area contributed by atoms with Crippen molar-refractivity contribution in [3.05, 3.63) is 28.2 Å². The summed E-state index contributed by atoms with van der Waals surface area (Å²) in [7, 11) is -3.76. The van der Waals surface area contributed by atoms with Crippen molar-refractivity contribution in [3.8, 4) is 0 Å². The van der Waals surface area contributed by atoms with Crippen LogP contribution in [-0.4, -0.2) is 26.0 Å². The summed E-state index contributed by atoms with van der Waals surface area (Å²) in [4.78, 5) is 10.4. The molecule has 20 heavy (non-hydrogen) atoms. The van der Waals surface area contributed by atoms with E-state index in [9.17, 15) is 13.2 Å². The van der Waals surface area contributed by atoms with Crippen molar-refractivity contribution in [1.82, 2.24) is 4.72 Å². The Morgan fingerprint density at radius 3 is 2.65 bits per heavy atom. The Balaban J connectivity index is 2.70. The summed E-state index contributed by atoms with van der Waals surface area (Å²) in [6.07, 6.45) is 0.391. The number of hydrogen-bond donors (Lipinski definition) is 2. The number of halogens is 2. The molecule has 0 bridgehead atoms. The first-order valence-electron chi connectivity index (χ1n) is 5.89. The lowest BCUT2D eigenvalue weighted by Gasteiger charge is -2.13. The van der Waals surface area contributed by atoms with Crippen LogP contribution in [0.5, 0.6) is 0 Å². The molecule has 112 valence electrons. The van der Waals surface area contributed by atoms with Crippen molar-refractivity contribution in [1.29, 1.82) is 0 Å². The van der Waals surface area contributed by atoms with E-state index in [-0.39, 0.29) is 33.8 Å². The summed E-state index contributed by atoms with van der Waals surface area (Å²) >= 11 is 11.6. The second-order valence-corrected chi connectivity index (χ2v) is 7.04. The highest BCUT2D eigenvalue weighted by atomic mass is 35.5. The Kier molecular flexibility index (Phi) is 6.26. The summed E-state index contributed by atoms with van der Waals surface area (Å²) in [6.45, 7) is 1.91. The molecular weight excluding hydrogens is 325 g/mol. The molecule has 0 aromatic heterocycles. The third kappa shape index (κ3) is 5.28. The van der Waals surface area contributed by atoms with Gasteiger partial charge in [0, 0.05) is 18.0 Å². The lowest BCUT2D eigenvalue weighted by Crippen LogP contribution is -2.29. The van der Waals surface area contributed by atoms with Gasteiger partial charge in [-0.2, -0.15) is 0 Å². The molecule has 2 N–H and O–H groups in total. The maximum atomic E-state index is 12.1. The molecular formula is C12H15Cl2NO4S. The SMILES string of the molecule is CC(CCC(=O)O)CNS(=O)(=O)c1cc(Cl)ccc1Cl. The fourth-order valence-corrected chi connectivity index (χ4v) is 3.41. The van der Waals surface area contributed by atoms with Crippen LogP contribution < -0.4 is 4.72 Å². The highest BCUT2D eigenvalue weighted by Crippen LogP contribution is 2.24. The lowest BCUT2D eigenvalue weighted by molar-refractivity contribution is -0.137. The monoisotopic (exact) mass is 339 g/mol. The third-order valence-electron chi connectivity index (χ3n) is 2.66. The van der Waals surface area contributed by atoms with Gasteiger partial charge in [0.15, 0.2) is 0 Å². The molecule has 1 aromatic carbocycles. The predicted molar refractivity (Wildman–Crippen MR) is 77.7 cm³/mol. The zero-order chi connectivity index (χ0) is 15.3. The molecule has 0 fully saturated rings. The fraction of sp³-hybridized carbons (Fsp3) is 0.417. The van der Waals surface area contributed by atoms with E-state index < -0.39 is 16.0 Å². The Hall–Kier alpha value is -0.820. The third-order valence-corrected chi connectivity index (χ3v) is 4.80. The van der Waals surface area contributed by atoms with Crippen LogP contribution in [0.4, 0.5) is 0 Å². The molecule has 1 aromatic rings. The molecule has 5 nitrogen and oxygen atoms in total. The van der Waals surface area contributed by atoms with E-state index >= 15 is 0 Å². The molecule has 1 atom stereocenters. The average molecular weight is 340 g/mol. The molecule has 0 aliphatic rings. The van der Waals surface area contributed by atoms with Crippen molar-refractivity contribution in [2.45, 2.75) is 24.7 Å². The minimum Gasteiger partial charge on any atom is -0.481 e. The summed E-state index contributed by atoms with van der Waals surface area (Å²) in [6, 6.07) is 4.18. The van der Waals surface area contributed by atoms with Crippen LogP contribution in [-0.2, 0) is 14.8 Å². The Morgan fingerprint density at radius 2 is 2.05 bits per heavy atom. The number of carbonyl (C=O) groups is 1. The van der Waals surface area contributed by atoms with Gasteiger partial charge in [0.25, 0.3) is 0 Å². The van der Waals surface area contributed by atoms with Gasteiger partial charge in [0.1, 0.15) is 4.90 Å². The number of sulfonamides is 1. The highest BCUT2D eigenvalue weighted by molar-refractivity contribution is 7.89. The Morgan fingerprint density at radius 1 is 1.40 bits per heavy atom. The standard InChI is InChI=1S/C12H15Cl2NO4S/c1-8(2-5-12(16)17)7-15-20(18,19)11-6-9(13)3-4-10(11)14/h3-4,6,8,15H,2,5,7H2,1H3,(H,16,17). The molecule has 0 amide bonds. The summed E-state index contributed by atoms with van der Waals surface area (Å²) in [5.74, 6) is -1.00. The van der Waals surface area contributed by atoms with Crippen LogP contribution in [0.1, 0.15) is 19.8 Å². The van der Waals surface area contributed by atoms with Gasteiger partial charge in [-0.3, -0.25) is 4.79 Å². The number of carboxylic acids is 1. The van der Waals surface area contributed by atoms with Gasteiger partial charge in [-0.1, -0.05) is 30.1 Å². The van der Waals surface area contributed by atoms with Gasteiger partial charge >= 0.3 is 5.97 Å². The average Bonchev–Trinajstić information content (AvgIpc) is 2.36. The minimum absolute atomic E-state index is 0.000809. The van der Waals surface area contributed by atoms with Gasteiger partial charge < -0.3 is 5.11 Å². The number of hydrogen-bond acceptors (Lipinski definition) is 3. The van der Waals surface area contributed by atoms with Gasteiger partial charge in [-0.15, -0.1) is 0 Å². The van der Waals surface area contributed by atoms with Crippen molar-refractivity contribution < 1.29 is 18.3 Å². The maximum Gasteiger partial charge on any atom is 0.303 e. The minimum atomic E-state index is -3.76. The number of carboxylic acid groups (broad SMARTS) is 1. The molecule has 1 unspecified atom stereocenters. The molecule has 8 heteroatoms. The molecule has 0 aliphatic heterocycles. The maximum absolute atomic E-state index is 12.1. The fourth-order valence-electron chi connectivity index (χ4n) is 1.48. The first-order chi connectivity index (χ1) is 9.22. The van der Waals surface area contributed by atoms with E-state index in [0.717, 1.165) is 0 Å². The van der Waals surface area contributed by atoms with E-state index in [2.05, 4.69) is 4.72 Å². The van der Waals surface area contributed by atoms with E-state index in [1.807, 2.05) is 0 Å². The lowest BCUT2D eigenvalue weighted by atomic mass is 10.1. The number of aliphatic carboxylic acids is 1. The van der Waals surface area contributed by atoms with Crippen molar-refractivity contribution >= 4 is 39.2 Å². The zero-order valence-corrected chi connectivity index (χ0v) is 13.1. The van der Waals surface area contributed by atoms with Crippen LogP contribution in [0, 0.1) is 5.92 Å². The van der Waals surface area contributed by atoms with Crippen molar-refractivity contribution in [2.24, 2.45) is 5.92 Å². The van der Waals surface area contributed by atoms with Crippen molar-refractivity contribution in [3.63, 3.8) is 0 Å². The predicted octanol–water partition coefficient (Wildman–Crippen LogP) is 2.77. The molecule has 0 radical (unpaired) electrons. The van der Waals surface area contributed by atoms with E-state index in [1.54, 1.807) is 6.92 Å². The van der Waals surface area contributed by atoms with E-state index in [4.69, 9.17) is 28.3 Å². The Bertz CT molecular complexity index is 589. The topological polar surface area (TPSA) is 83.5 Å². The summed E-state index contributed by atoms with van der Waals surface area (Å²) in [5, 5.41) is 8.92. The van der Waals surface area contributed by atoms with Crippen LogP contribution in [0.2, 0.25) is 10.0 Å². The summed E-state index contributed by atoms with van der Waals surface area (Å²) in [5.41, 5.74) is 0. The summed E-state index contributed by atoms with van der Waals surface area (Å²) < 4.78 is 26.6. The van der Waals surface area contributed by atoms with Gasteiger partial charge in [-0.05, 0) is 30.5 Å². The van der Waals surface area contributed by atoms with Gasteiger partial charge in [0.2, 0.25) is 10.0 Å². The molecule has 0 heterocycles. The molecule has 0 spiro atoms. The normalized spacial score (nSPS) is 13.2. The first-order valence-corrected chi connectivity index (χ1v) is 8.13. The quantitative estimate of drug-likeness (QED) is 0.799. The molecule has 1 rings (SSSR count).